The highest BCUT2D eigenvalue weighted by atomic mass is 19.1. The summed E-state index contributed by atoms with van der Waals surface area (Å²) in [4.78, 5) is 5.39. The molecule has 5 heteroatoms. The fraction of sp³-hybridized carbons (Fsp3) is 0.545. The van der Waals surface area contributed by atoms with Gasteiger partial charge in [0, 0.05) is 26.2 Å². The number of hydrogen-bond donors (Lipinski definition) is 1. The second-order valence-electron chi connectivity index (χ2n) is 3.63. The summed E-state index contributed by atoms with van der Waals surface area (Å²) in [5, 5.41) is 3.20. The summed E-state index contributed by atoms with van der Waals surface area (Å²) in [6.45, 7) is 4.41. The first-order valence-corrected chi connectivity index (χ1v) is 5.38. The summed E-state index contributed by atoms with van der Waals surface area (Å²) < 4.78 is 25.9. The van der Waals surface area contributed by atoms with E-state index in [0.717, 1.165) is 31.8 Å². The molecule has 0 unspecified atom stereocenters. The third kappa shape index (κ3) is 3.73. The second-order valence-corrected chi connectivity index (χ2v) is 3.63. The Kier molecular flexibility index (Phi) is 5.11. The van der Waals surface area contributed by atoms with E-state index in [0.29, 0.717) is 6.54 Å². The standard InChI is InChI=1S/C11H17F2N3/c1-3-4-14-5-6-16(2)11-10(13)7-9(12)8-15-11/h7-8,14H,3-6H2,1-2H3. The zero-order chi connectivity index (χ0) is 12.0. The molecule has 90 valence electrons. The van der Waals surface area contributed by atoms with Gasteiger partial charge in [-0.15, -0.1) is 0 Å². The average Bonchev–Trinajstić information content (AvgIpc) is 2.24. The van der Waals surface area contributed by atoms with Crippen molar-refractivity contribution in [2.75, 3.05) is 31.6 Å². The average molecular weight is 229 g/mol. The van der Waals surface area contributed by atoms with Gasteiger partial charge in [0.25, 0.3) is 0 Å². The zero-order valence-corrected chi connectivity index (χ0v) is 9.63. The molecule has 1 heterocycles. The zero-order valence-electron chi connectivity index (χ0n) is 9.63. The molecule has 0 radical (unpaired) electrons. The molecule has 1 aromatic rings. The predicted molar refractivity (Wildman–Crippen MR) is 60.6 cm³/mol. The molecule has 0 fully saturated rings. The number of aromatic nitrogens is 1. The lowest BCUT2D eigenvalue weighted by Crippen LogP contribution is -2.30. The summed E-state index contributed by atoms with van der Waals surface area (Å²) in [5.41, 5.74) is 0. The highest BCUT2D eigenvalue weighted by Crippen LogP contribution is 2.14. The van der Waals surface area contributed by atoms with Crippen molar-refractivity contribution in [1.82, 2.24) is 10.3 Å². The first kappa shape index (κ1) is 12.8. The lowest BCUT2D eigenvalue weighted by Gasteiger charge is -2.18. The van der Waals surface area contributed by atoms with Crippen LogP contribution in [0.15, 0.2) is 12.3 Å². The molecule has 0 aliphatic rings. The molecule has 16 heavy (non-hydrogen) atoms. The Labute approximate surface area is 94.5 Å². The van der Waals surface area contributed by atoms with Crippen molar-refractivity contribution in [1.29, 1.82) is 0 Å². The van der Waals surface area contributed by atoms with Crippen LogP contribution in [0, 0.1) is 11.6 Å². The van der Waals surface area contributed by atoms with Crippen LogP contribution >= 0.6 is 0 Å². The number of pyridine rings is 1. The number of hydrogen-bond acceptors (Lipinski definition) is 3. The number of likely N-dealkylation sites (N-methyl/N-ethyl adjacent to an activating group) is 1. The van der Waals surface area contributed by atoms with E-state index in [1.165, 1.54) is 0 Å². The molecule has 1 aromatic heterocycles. The van der Waals surface area contributed by atoms with Gasteiger partial charge in [0.1, 0.15) is 5.82 Å². The minimum Gasteiger partial charge on any atom is -0.356 e. The van der Waals surface area contributed by atoms with Gasteiger partial charge in [-0.2, -0.15) is 0 Å². The summed E-state index contributed by atoms with van der Waals surface area (Å²) in [7, 11) is 1.73. The molecule has 0 spiro atoms. The molecule has 3 nitrogen and oxygen atoms in total. The SMILES string of the molecule is CCCNCCN(C)c1ncc(F)cc1F. The number of halogens is 2. The van der Waals surface area contributed by atoms with Crippen molar-refractivity contribution >= 4 is 5.82 Å². The summed E-state index contributed by atoms with van der Waals surface area (Å²) in [6.07, 6.45) is 2.08. The summed E-state index contributed by atoms with van der Waals surface area (Å²) >= 11 is 0. The normalized spacial score (nSPS) is 10.5. The fourth-order valence-electron chi connectivity index (χ4n) is 1.34. The van der Waals surface area contributed by atoms with Crippen LogP contribution in [0.3, 0.4) is 0 Å². The van der Waals surface area contributed by atoms with Crippen LogP contribution in [0.4, 0.5) is 14.6 Å². The highest BCUT2D eigenvalue weighted by Gasteiger charge is 2.09. The van der Waals surface area contributed by atoms with Gasteiger partial charge in [-0.1, -0.05) is 6.92 Å². The van der Waals surface area contributed by atoms with Crippen LogP contribution < -0.4 is 10.2 Å². The van der Waals surface area contributed by atoms with E-state index < -0.39 is 11.6 Å². The largest absolute Gasteiger partial charge is 0.356 e. The Balaban J connectivity index is 2.49. The van der Waals surface area contributed by atoms with Gasteiger partial charge < -0.3 is 10.2 Å². The van der Waals surface area contributed by atoms with E-state index in [4.69, 9.17) is 0 Å². The minimum atomic E-state index is -0.654. The van der Waals surface area contributed by atoms with Gasteiger partial charge in [0.2, 0.25) is 0 Å². The lowest BCUT2D eigenvalue weighted by atomic mass is 10.4. The van der Waals surface area contributed by atoms with Crippen LogP contribution in [0.1, 0.15) is 13.3 Å². The van der Waals surface area contributed by atoms with E-state index in [9.17, 15) is 8.78 Å². The van der Waals surface area contributed by atoms with Gasteiger partial charge in [0.15, 0.2) is 11.6 Å². The molecule has 0 aromatic carbocycles. The molecule has 0 atom stereocenters. The number of rotatable bonds is 6. The smallest absolute Gasteiger partial charge is 0.168 e. The van der Waals surface area contributed by atoms with Crippen LogP contribution in [0.5, 0.6) is 0 Å². The first-order chi connectivity index (χ1) is 7.65. The van der Waals surface area contributed by atoms with Crippen LogP contribution in [0.25, 0.3) is 0 Å². The van der Waals surface area contributed by atoms with Crippen molar-refractivity contribution in [3.63, 3.8) is 0 Å². The summed E-state index contributed by atoms with van der Waals surface area (Å²) in [6, 6.07) is 0.846. The minimum absolute atomic E-state index is 0.180. The maximum Gasteiger partial charge on any atom is 0.168 e. The Bertz CT molecular complexity index is 331. The maximum absolute atomic E-state index is 13.3. The van der Waals surface area contributed by atoms with Crippen LogP contribution in [0.2, 0.25) is 0 Å². The molecular formula is C11H17F2N3. The number of nitrogens with zero attached hydrogens (tertiary/aromatic N) is 2. The molecule has 0 amide bonds. The van der Waals surface area contributed by atoms with Crippen molar-refractivity contribution < 1.29 is 8.78 Å². The molecule has 0 aliphatic heterocycles. The Morgan fingerprint density at radius 2 is 2.12 bits per heavy atom. The first-order valence-electron chi connectivity index (χ1n) is 5.38. The molecular weight excluding hydrogens is 212 g/mol. The van der Waals surface area contributed by atoms with E-state index in [1.54, 1.807) is 11.9 Å². The number of anilines is 1. The van der Waals surface area contributed by atoms with Crippen molar-refractivity contribution in [2.24, 2.45) is 0 Å². The van der Waals surface area contributed by atoms with E-state index in [1.807, 2.05) is 0 Å². The quantitative estimate of drug-likeness (QED) is 0.754. The van der Waals surface area contributed by atoms with Crippen LogP contribution in [-0.2, 0) is 0 Å². The topological polar surface area (TPSA) is 28.2 Å². The number of nitrogens with one attached hydrogen (secondary N) is 1. The van der Waals surface area contributed by atoms with E-state index >= 15 is 0 Å². The van der Waals surface area contributed by atoms with Crippen molar-refractivity contribution in [2.45, 2.75) is 13.3 Å². The maximum atomic E-state index is 13.3. The monoisotopic (exact) mass is 229 g/mol. The predicted octanol–water partition coefficient (Wildman–Crippen LogP) is 1.80. The third-order valence-electron chi connectivity index (χ3n) is 2.20. The van der Waals surface area contributed by atoms with Crippen molar-refractivity contribution in [3.05, 3.63) is 23.9 Å². The van der Waals surface area contributed by atoms with Gasteiger partial charge in [-0.05, 0) is 13.0 Å². The Morgan fingerprint density at radius 1 is 1.38 bits per heavy atom. The van der Waals surface area contributed by atoms with Gasteiger partial charge in [0.05, 0.1) is 6.20 Å². The molecule has 1 N–H and O–H groups in total. The molecule has 1 rings (SSSR count). The Morgan fingerprint density at radius 3 is 2.75 bits per heavy atom. The van der Waals surface area contributed by atoms with E-state index in [2.05, 4.69) is 17.2 Å². The third-order valence-corrected chi connectivity index (χ3v) is 2.20. The van der Waals surface area contributed by atoms with Crippen LogP contribution in [-0.4, -0.2) is 31.7 Å². The molecule has 0 aliphatic carbocycles. The second kappa shape index (κ2) is 6.37. The molecule has 0 bridgehead atoms. The van der Waals surface area contributed by atoms with Gasteiger partial charge >= 0.3 is 0 Å². The van der Waals surface area contributed by atoms with Gasteiger partial charge in [-0.25, -0.2) is 13.8 Å². The fourth-order valence-corrected chi connectivity index (χ4v) is 1.34. The van der Waals surface area contributed by atoms with E-state index in [-0.39, 0.29) is 5.82 Å². The van der Waals surface area contributed by atoms with Gasteiger partial charge in [-0.3, -0.25) is 0 Å². The molecule has 0 saturated heterocycles. The highest BCUT2D eigenvalue weighted by molar-refractivity contribution is 5.38. The summed E-state index contributed by atoms with van der Waals surface area (Å²) in [5.74, 6) is -1.10. The Hall–Kier alpha value is -1.23. The molecule has 0 saturated carbocycles. The lowest BCUT2D eigenvalue weighted by molar-refractivity contribution is 0.567. The van der Waals surface area contributed by atoms with Crippen molar-refractivity contribution in [3.8, 4) is 0 Å².